The SMILES string of the molecule is Cc1cc(=O)c(O)c(C(O)c2ccc(-n3ccnc3)cc2)o1. The average molecular weight is 298 g/mol. The predicted octanol–water partition coefficient (Wildman–Crippen LogP) is 1.92. The quantitative estimate of drug-likeness (QED) is 0.771. The van der Waals surface area contributed by atoms with E-state index in [9.17, 15) is 15.0 Å². The van der Waals surface area contributed by atoms with Gasteiger partial charge in [-0.25, -0.2) is 4.98 Å². The summed E-state index contributed by atoms with van der Waals surface area (Å²) >= 11 is 0. The normalized spacial score (nSPS) is 12.3. The Balaban J connectivity index is 1.96. The second kappa shape index (κ2) is 5.50. The van der Waals surface area contributed by atoms with E-state index < -0.39 is 17.3 Å². The van der Waals surface area contributed by atoms with Crippen LogP contribution in [-0.2, 0) is 0 Å². The summed E-state index contributed by atoms with van der Waals surface area (Å²) in [5.74, 6) is -0.399. The summed E-state index contributed by atoms with van der Waals surface area (Å²) < 4.78 is 7.11. The van der Waals surface area contributed by atoms with Crippen LogP contribution in [0.5, 0.6) is 5.75 Å². The third-order valence-corrected chi connectivity index (χ3v) is 3.33. The van der Waals surface area contributed by atoms with Crippen molar-refractivity contribution in [1.29, 1.82) is 0 Å². The highest BCUT2D eigenvalue weighted by molar-refractivity contribution is 5.39. The van der Waals surface area contributed by atoms with E-state index in [1.807, 2.05) is 4.57 Å². The molecule has 0 fully saturated rings. The predicted molar refractivity (Wildman–Crippen MR) is 79.0 cm³/mol. The largest absolute Gasteiger partial charge is 0.502 e. The minimum atomic E-state index is -1.22. The minimum Gasteiger partial charge on any atom is -0.502 e. The van der Waals surface area contributed by atoms with Crippen molar-refractivity contribution in [2.45, 2.75) is 13.0 Å². The number of aromatic nitrogens is 2. The van der Waals surface area contributed by atoms with Gasteiger partial charge in [0.1, 0.15) is 11.9 Å². The highest BCUT2D eigenvalue weighted by Gasteiger charge is 2.20. The Morgan fingerprint density at radius 1 is 1.27 bits per heavy atom. The topological polar surface area (TPSA) is 88.5 Å². The molecule has 0 radical (unpaired) electrons. The average Bonchev–Trinajstić information content (AvgIpc) is 3.05. The van der Waals surface area contributed by atoms with Crippen LogP contribution in [-0.4, -0.2) is 19.8 Å². The maximum absolute atomic E-state index is 11.6. The van der Waals surface area contributed by atoms with Crippen LogP contribution in [0.4, 0.5) is 0 Å². The number of aliphatic hydroxyl groups is 1. The van der Waals surface area contributed by atoms with Crippen molar-refractivity contribution in [1.82, 2.24) is 9.55 Å². The van der Waals surface area contributed by atoms with Crippen molar-refractivity contribution in [2.75, 3.05) is 0 Å². The standard InChI is InChI=1S/C16H14N2O4/c1-10-8-13(19)15(21)16(22-10)14(20)11-2-4-12(5-3-11)18-7-6-17-9-18/h2-9,14,20-21H,1H3. The zero-order chi connectivity index (χ0) is 15.7. The Labute approximate surface area is 125 Å². The van der Waals surface area contributed by atoms with E-state index in [2.05, 4.69) is 4.98 Å². The van der Waals surface area contributed by atoms with Crippen molar-refractivity contribution in [2.24, 2.45) is 0 Å². The van der Waals surface area contributed by atoms with Gasteiger partial charge in [-0.05, 0) is 24.6 Å². The molecule has 22 heavy (non-hydrogen) atoms. The summed E-state index contributed by atoms with van der Waals surface area (Å²) in [6.07, 6.45) is 3.92. The lowest BCUT2D eigenvalue weighted by Gasteiger charge is -2.13. The summed E-state index contributed by atoms with van der Waals surface area (Å²) in [4.78, 5) is 15.5. The van der Waals surface area contributed by atoms with Crippen molar-refractivity contribution >= 4 is 0 Å². The summed E-state index contributed by atoms with van der Waals surface area (Å²) in [7, 11) is 0. The molecule has 0 aliphatic rings. The lowest BCUT2D eigenvalue weighted by molar-refractivity contribution is 0.176. The maximum atomic E-state index is 11.6. The van der Waals surface area contributed by atoms with Gasteiger partial charge in [0.15, 0.2) is 5.76 Å². The van der Waals surface area contributed by atoms with Gasteiger partial charge < -0.3 is 19.2 Å². The molecule has 0 aliphatic heterocycles. The van der Waals surface area contributed by atoms with Gasteiger partial charge in [0.05, 0.1) is 6.33 Å². The molecular weight excluding hydrogens is 284 g/mol. The van der Waals surface area contributed by atoms with E-state index in [0.29, 0.717) is 11.3 Å². The molecule has 112 valence electrons. The fourth-order valence-corrected chi connectivity index (χ4v) is 2.20. The highest BCUT2D eigenvalue weighted by Crippen LogP contribution is 2.28. The molecule has 6 nitrogen and oxygen atoms in total. The second-order valence-corrected chi connectivity index (χ2v) is 4.90. The molecule has 2 N–H and O–H groups in total. The van der Waals surface area contributed by atoms with Crippen molar-refractivity contribution < 1.29 is 14.6 Å². The minimum absolute atomic E-state index is 0.152. The second-order valence-electron chi connectivity index (χ2n) is 4.90. The molecule has 6 heteroatoms. The van der Waals surface area contributed by atoms with Crippen LogP contribution in [0.15, 0.2) is 58.3 Å². The molecular formula is C16H14N2O4. The van der Waals surface area contributed by atoms with Gasteiger partial charge in [-0.2, -0.15) is 0 Å². The summed E-state index contributed by atoms with van der Waals surface area (Å²) in [5.41, 5.74) is 0.809. The molecule has 1 unspecified atom stereocenters. The zero-order valence-electron chi connectivity index (χ0n) is 11.8. The first-order valence-electron chi connectivity index (χ1n) is 6.66. The molecule has 1 aromatic carbocycles. The Bertz CT molecular complexity index is 836. The number of benzene rings is 1. The van der Waals surface area contributed by atoms with Gasteiger partial charge in [0.2, 0.25) is 11.2 Å². The first-order chi connectivity index (χ1) is 10.6. The molecule has 0 spiro atoms. The van der Waals surface area contributed by atoms with Gasteiger partial charge in [-0.15, -0.1) is 0 Å². The van der Waals surface area contributed by atoms with E-state index in [1.54, 1.807) is 49.9 Å². The van der Waals surface area contributed by atoms with Gasteiger partial charge in [0.25, 0.3) is 0 Å². The zero-order valence-corrected chi connectivity index (χ0v) is 11.8. The third kappa shape index (κ3) is 2.51. The van der Waals surface area contributed by atoms with Crippen LogP contribution < -0.4 is 5.43 Å². The summed E-state index contributed by atoms with van der Waals surface area (Å²) in [6.45, 7) is 1.58. The van der Waals surface area contributed by atoms with Crippen LogP contribution in [0.1, 0.15) is 23.2 Å². The molecule has 2 heterocycles. The Morgan fingerprint density at radius 3 is 2.64 bits per heavy atom. The first kappa shape index (κ1) is 14.1. The fourth-order valence-electron chi connectivity index (χ4n) is 2.20. The molecule has 0 aliphatic carbocycles. The van der Waals surface area contributed by atoms with Crippen molar-refractivity contribution in [3.05, 3.63) is 76.4 Å². The highest BCUT2D eigenvalue weighted by atomic mass is 16.4. The van der Waals surface area contributed by atoms with E-state index in [4.69, 9.17) is 4.42 Å². The Hall–Kier alpha value is -2.86. The first-order valence-corrected chi connectivity index (χ1v) is 6.66. The van der Waals surface area contributed by atoms with Crippen LogP contribution in [0.25, 0.3) is 5.69 Å². The van der Waals surface area contributed by atoms with Gasteiger partial charge >= 0.3 is 0 Å². The number of hydrogen-bond donors (Lipinski definition) is 2. The number of aliphatic hydroxyl groups excluding tert-OH is 1. The monoisotopic (exact) mass is 298 g/mol. The summed E-state index contributed by atoms with van der Waals surface area (Å²) in [6, 6.07) is 8.16. The van der Waals surface area contributed by atoms with Gasteiger partial charge in [-0.3, -0.25) is 4.79 Å². The van der Waals surface area contributed by atoms with E-state index >= 15 is 0 Å². The van der Waals surface area contributed by atoms with Gasteiger partial charge in [-0.1, -0.05) is 12.1 Å². The van der Waals surface area contributed by atoms with E-state index in [1.165, 1.54) is 6.07 Å². The molecule has 0 saturated heterocycles. The number of imidazole rings is 1. The maximum Gasteiger partial charge on any atom is 0.227 e. The molecule has 1 atom stereocenters. The Morgan fingerprint density at radius 2 is 2.00 bits per heavy atom. The number of rotatable bonds is 3. The van der Waals surface area contributed by atoms with Crippen molar-refractivity contribution in [3.63, 3.8) is 0 Å². The fraction of sp³-hybridized carbons (Fsp3) is 0.125. The lowest BCUT2D eigenvalue weighted by Crippen LogP contribution is -2.08. The van der Waals surface area contributed by atoms with Crippen LogP contribution >= 0.6 is 0 Å². The van der Waals surface area contributed by atoms with Crippen LogP contribution in [0.2, 0.25) is 0 Å². The Kier molecular flexibility index (Phi) is 3.52. The van der Waals surface area contributed by atoms with E-state index in [0.717, 1.165) is 5.69 Å². The van der Waals surface area contributed by atoms with Gasteiger partial charge in [0, 0.05) is 24.1 Å². The number of hydrogen-bond acceptors (Lipinski definition) is 5. The number of aryl methyl sites for hydroxylation is 1. The molecule has 3 rings (SSSR count). The molecule has 0 bridgehead atoms. The van der Waals surface area contributed by atoms with Crippen LogP contribution in [0, 0.1) is 6.92 Å². The number of nitrogens with zero attached hydrogens (tertiary/aromatic N) is 2. The summed E-state index contributed by atoms with van der Waals surface area (Å²) in [5, 5.41) is 20.1. The molecule has 0 amide bonds. The lowest BCUT2D eigenvalue weighted by atomic mass is 10.1. The molecule has 3 aromatic rings. The smallest absolute Gasteiger partial charge is 0.227 e. The molecule has 2 aromatic heterocycles. The number of aromatic hydroxyl groups is 1. The third-order valence-electron chi connectivity index (χ3n) is 3.33. The molecule has 0 saturated carbocycles. The van der Waals surface area contributed by atoms with Crippen molar-refractivity contribution in [3.8, 4) is 11.4 Å². The van der Waals surface area contributed by atoms with Crippen LogP contribution in [0.3, 0.4) is 0 Å². The van der Waals surface area contributed by atoms with E-state index in [-0.39, 0.29) is 5.76 Å².